The van der Waals surface area contributed by atoms with Gasteiger partial charge in [0, 0.05) is 24.8 Å². The van der Waals surface area contributed by atoms with Gasteiger partial charge >= 0.3 is 5.97 Å². The topological polar surface area (TPSA) is 92.3 Å². The van der Waals surface area contributed by atoms with Crippen LogP contribution in [0, 0.1) is 0 Å². The first kappa shape index (κ1) is 17.7. The number of ether oxygens (including phenoxy) is 1. The van der Waals surface area contributed by atoms with E-state index in [1.165, 1.54) is 5.01 Å². The van der Waals surface area contributed by atoms with Crippen molar-refractivity contribution in [2.24, 2.45) is 5.10 Å². The van der Waals surface area contributed by atoms with Gasteiger partial charge in [-0.1, -0.05) is 18.2 Å². The second-order valence-corrected chi connectivity index (χ2v) is 5.97. The van der Waals surface area contributed by atoms with Crippen LogP contribution >= 0.6 is 0 Å². The summed E-state index contributed by atoms with van der Waals surface area (Å²) in [7, 11) is 1.58. The Morgan fingerprint density at radius 1 is 1.27 bits per heavy atom. The van der Waals surface area contributed by atoms with E-state index in [9.17, 15) is 9.59 Å². The molecule has 0 radical (unpaired) electrons. The molecular formula is C19H20N2O5. The van der Waals surface area contributed by atoms with Crippen molar-refractivity contribution in [3.63, 3.8) is 0 Å². The number of aliphatic carboxylic acids is 1. The number of hydrogen-bond donors (Lipinski definition) is 1. The minimum Gasteiger partial charge on any atom is -0.496 e. The molecule has 1 aromatic carbocycles. The lowest BCUT2D eigenvalue weighted by molar-refractivity contribution is -0.137. The van der Waals surface area contributed by atoms with Gasteiger partial charge in [-0.3, -0.25) is 9.59 Å². The average Bonchev–Trinajstić information content (AvgIpc) is 3.30. The standard InChI is InChI=1S/C19H20N2O5/c1-25-16-7-3-2-6-13(16)15-12-14(17-8-5-11-26-17)20-21(15)18(22)9-4-10-19(23)24/h2-3,5-8,11,15H,4,9-10,12H2,1H3,(H,23,24)/t15-/m1/s1. The summed E-state index contributed by atoms with van der Waals surface area (Å²) in [6.07, 6.45) is 2.40. The van der Waals surface area contributed by atoms with Gasteiger partial charge in [0.2, 0.25) is 5.91 Å². The SMILES string of the molecule is COc1ccccc1[C@H]1CC(c2ccco2)=NN1C(=O)CCCC(=O)O. The third-order valence-corrected chi connectivity index (χ3v) is 4.25. The monoisotopic (exact) mass is 356 g/mol. The Kier molecular flexibility index (Phi) is 5.36. The normalized spacial score (nSPS) is 16.4. The number of furan rings is 1. The van der Waals surface area contributed by atoms with E-state index in [1.54, 1.807) is 25.5 Å². The molecule has 2 aromatic rings. The molecule has 0 unspecified atom stereocenters. The van der Waals surface area contributed by atoms with Crippen LogP contribution in [0.4, 0.5) is 0 Å². The van der Waals surface area contributed by atoms with Crippen LogP contribution in [0.25, 0.3) is 0 Å². The minimum absolute atomic E-state index is 0.0480. The molecule has 2 heterocycles. The molecule has 3 rings (SSSR count). The molecule has 0 aliphatic carbocycles. The Bertz CT molecular complexity index is 813. The van der Waals surface area contributed by atoms with Crippen molar-refractivity contribution in [2.75, 3.05) is 7.11 Å². The summed E-state index contributed by atoms with van der Waals surface area (Å²) in [5, 5.41) is 14.7. The summed E-state index contributed by atoms with van der Waals surface area (Å²) >= 11 is 0. The van der Waals surface area contributed by atoms with E-state index >= 15 is 0 Å². The number of methoxy groups -OCH3 is 1. The molecule has 1 N–H and O–H groups in total. The van der Waals surface area contributed by atoms with Crippen molar-refractivity contribution in [2.45, 2.75) is 31.7 Å². The van der Waals surface area contributed by atoms with Crippen LogP contribution in [0.1, 0.15) is 43.0 Å². The first-order valence-corrected chi connectivity index (χ1v) is 8.38. The fourth-order valence-corrected chi connectivity index (χ4v) is 3.02. The van der Waals surface area contributed by atoms with E-state index in [1.807, 2.05) is 24.3 Å². The number of carboxylic acids is 1. The summed E-state index contributed by atoms with van der Waals surface area (Å²) in [4.78, 5) is 23.4. The number of para-hydroxylation sites is 1. The van der Waals surface area contributed by atoms with Gasteiger partial charge in [-0.05, 0) is 24.6 Å². The van der Waals surface area contributed by atoms with Crippen molar-refractivity contribution >= 4 is 17.6 Å². The van der Waals surface area contributed by atoms with Gasteiger partial charge in [0.25, 0.3) is 0 Å². The number of hydrazone groups is 1. The highest BCUT2D eigenvalue weighted by atomic mass is 16.5. The number of hydrogen-bond acceptors (Lipinski definition) is 5. The van der Waals surface area contributed by atoms with Crippen molar-refractivity contribution < 1.29 is 23.8 Å². The largest absolute Gasteiger partial charge is 0.496 e. The minimum atomic E-state index is -0.916. The Hall–Kier alpha value is -3.09. The van der Waals surface area contributed by atoms with E-state index in [-0.39, 0.29) is 31.2 Å². The quantitative estimate of drug-likeness (QED) is 0.822. The molecule has 1 aliphatic heterocycles. The van der Waals surface area contributed by atoms with Crippen molar-refractivity contribution in [3.05, 3.63) is 54.0 Å². The summed E-state index contributed by atoms with van der Waals surface area (Å²) in [6, 6.07) is 10.8. The van der Waals surface area contributed by atoms with Crippen LogP contribution in [-0.2, 0) is 9.59 Å². The van der Waals surface area contributed by atoms with Crippen molar-refractivity contribution in [1.29, 1.82) is 0 Å². The Morgan fingerprint density at radius 3 is 2.77 bits per heavy atom. The number of rotatable bonds is 7. The van der Waals surface area contributed by atoms with Crippen LogP contribution < -0.4 is 4.74 Å². The van der Waals surface area contributed by atoms with Crippen LogP contribution in [-0.4, -0.2) is 34.8 Å². The molecule has 0 saturated heterocycles. The summed E-state index contributed by atoms with van der Waals surface area (Å²) in [6.45, 7) is 0. The molecule has 26 heavy (non-hydrogen) atoms. The molecule has 1 aromatic heterocycles. The average molecular weight is 356 g/mol. The van der Waals surface area contributed by atoms with Crippen molar-refractivity contribution in [3.8, 4) is 5.75 Å². The van der Waals surface area contributed by atoms with Crippen LogP contribution in [0.5, 0.6) is 5.75 Å². The van der Waals surface area contributed by atoms with E-state index in [2.05, 4.69) is 5.10 Å². The molecule has 7 heteroatoms. The number of carboxylic acid groups (broad SMARTS) is 1. The zero-order valence-electron chi connectivity index (χ0n) is 14.4. The maximum atomic E-state index is 12.7. The molecule has 0 fully saturated rings. The molecule has 136 valence electrons. The smallest absolute Gasteiger partial charge is 0.303 e. The third-order valence-electron chi connectivity index (χ3n) is 4.25. The molecule has 0 saturated carbocycles. The highest BCUT2D eigenvalue weighted by Gasteiger charge is 2.35. The van der Waals surface area contributed by atoms with E-state index in [0.29, 0.717) is 23.6 Å². The lowest BCUT2D eigenvalue weighted by Crippen LogP contribution is -2.27. The molecule has 0 spiro atoms. The van der Waals surface area contributed by atoms with Gasteiger partial charge in [-0.2, -0.15) is 5.10 Å². The van der Waals surface area contributed by atoms with E-state index in [0.717, 1.165) is 5.56 Å². The first-order chi connectivity index (χ1) is 12.6. The highest BCUT2D eigenvalue weighted by Crippen LogP contribution is 2.37. The second kappa shape index (κ2) is 7.86. The molecule has 7 nitrogen and oxygen atoms in total. The molecular weight excluding hydrogens is 336 g/mol. The lowest BCUT2D eigenvalue weighted by atomic mass is 9.99. The number of amides is 1. The Balaban J connectivity index is 1.87. The van der Waals surface area contributed by atoms with Gasteiger partial charge in [-0.25, -0.2) is 5.01 Å². The highest BCUT2D eigenvalue weighted by molar-refractivity contribution is 6.01. The van der Waals surface area contributed by atoms with E-state index in [4.69, 9.17) is 14.3 Å². The zero-order valence-corrected chi connectivity index (χ0v) is 14.4. The maximum absolute atomic E-state index is 12.7. The lowest BCUT2D eigenvalue weighted by Gasteiger charge is -2.23. The summed E-state index contributed by atoms with van der Waals surface area (Å²) in [5.74, 6) is 0.159. The fraction of sp³-hybridized carbons (Fsp3) is 0.316. The van der Waals surface area contributed by atoms with Gasteiger partial charge in [-0.15, -0.1) is 0 Å². The first-order valence-electron chi connectivity index (χ1n) is 8.38. The third kappa shape index (κ3) is 3.77. The number of carbonyl (C=O) groups is 2. The van der Waals surface area contributed by atoms with Gasteiger partial charge in [0.05, 0.1) is 19.4 Å². The van der Waals surface area contributed by atoms with Crippen molar-refractivity contribution in [1.82, 2.24) is 5.01 Å². The van der Waals surface area contributed by atoms with Crippen LogP contribution in [0.3, 0.4) is 0 Å². The number of nitrogens with zero attached hydrogens (tertiary/aromatic N) is 2. The summed E-state index contributed by atoms with van der Waals surface area (Å²) in [5.41, 5.74) is 1.53. The zero-order chi connectivity index (χ0) is 18.5. The van der Waals surface area contributed by atoms with Crippen LogP contribution in [0.2, 0.25) is 0 Å². The maximum Gasteiger partial charge on any atom is 0.303 e. The predicted octanol–water partition coefficient (Wildman–Crippen LogP) is 3.22. The predicted molar refractivity (Wildman–Crippen MR) is 93.9 cm³/mol. The Morgan fingerprint density at radius 2 is 2.08 bits per heavy atom. The number of carbonyl (C=O) groups excluding carboxylic acids is 1. The fourth-order valence-electron chi connectivity index (χ4n) is 3.02. The molecule has 1 amide bonds. The Labute approximate surface area is 150 Å². The van der Waals surface area contributed by atoms with Crippen LogP contribution in [0.15, 0.2) is 52.2 Å². The molecule has 0 bridgehead atoms. The van der Waals surface area contributed by atoms with E-state index < -0.39 is 5.97 Å². The number of benzene rings is 1. The molecule has 1 aliphatic rings. The summed E-state index contributed by atoms with van der Waals surface area (Å²) < 4.78 is 10.9. The molecule has 1 atom stereocenters. The van der Waals surface area contributed by atoms with Gasteiger partial charge in [0.15, 0.2) is 0 Å². The van der Waals surface area contributed by atoms with Gasteiger partial charge < -0.3 is 14.3 Å². The van der Waals surface area contributed by atoms with Gasteiger partial charge in [0.1, 0.15) is 17.2 Å². The second-order valence-electron chi connectivity index (χ2n) is 5.97.